The smallest absolute Gasteiger partial charge is 0.251 e. The Morgan fingerprint density at radius 1 is 0.758 bits per heavy atom. The van der Waals surface area contributed by atoms with Crippen LogP contribution in [0.5, 0.6) is 11.5 Å². The van der Waals surface area contributed by atoms with Gasteiger partial charge in [0.15, 0.2) is 0 Å². The third-order valence-electron chi connectivity index (χ3n) is 4.52. The van der Waals surface area contributed by atoms with Crippen molar-refractivity contribution < 1.29 is 19.1 Å². The van der Waals surface area contributed by atoms with Crippen LogP contribution >= 0.6 is 0 Å². The molecular formula is C26H29N3O4. The second kappa shape index (κ2) is 12.1. The predicted octanol–water partition coefficient (Wildman–Crippen LogP) is 4.33. The number of para-hydroxylation sites is 1. The minimum atomic E-state index is -0.179. The molecule has 0 aliphatic rings. The SMILES string of the molecule is CC(C)NC(=O)c1ccc(NCC(=O)Nc2ccc(OCCOc3ccccc3)cc2)cc1. The first-order chi connectivity index (χ1) is 16.0. The molecule has 0 saturated heterocycles. The fourth-order valence-electron chi connectivity index (χ4n) is 2.94. The topological polar surface area (TPSA) is 88.7 Å². The summed E-state index contributed by atoms with van der Waals surface area (Å²) in [6.07, 6.45) is 0. The Labute approximate surface area is 194 Å². The molecule has 0 atom stereocenters. The fourth-order valence-corrected chi connectivity index (χ4v) is 2.94. The lowest BCUT2D eigenvalue weighted by Gasteiger charge is -2.11. The van der Waals surface area contributed by atoms with E-state index in [0.717, 1.165) is 11.4 Å². The van der Waals surface area contributed by atoms with Gasteiger partial charge in [0, 0.05) is 23.0 Å². The van der Waals surface area contributed by atoms with E-state index in [-0.39, 0.29) is 24.4 Å². The van der Waals surface area contributed by atoms with Gasteiger partial charge in [0.1, 0.15) is 24.7 Å². The Kier molecular flexibility index (Phi) is 8.71. The van der Waals surface area contributed by atoms with E-state index >= 15 is 0 Å². The summed E-state index contributed by atoms with van der Waals surface area (Å²) in [5.74, 6) is 1.21. The van der Waals surface area contributed by atoms with Crippen molar-refractivity contribution in [2.24, 2.45) is 0 Å². The molecule has 0 radical (unpaired) electrons. The molecule has 172 valence electrons. The molecule has 0 aromatic heterocycles. The summed E-state index contributed by atoms with van der Waals surface area (Å²) >= 11 is 0. The van der Waals surface area contributed by atoms with Crippen molar-refractivity contribution in [3.8, 4) is 11.5 Å². The number of anilines is 2. The number of rotatable bonds is 11. The number of hydrogen-bond acceptors (Lipinski definition) is 5. The Morgan fingerprint density at radius 3 is 1.94 bits per heavy atom. The molecule has 3 rings (SSSR count). The number of carbonyl (C=O) groups excluding carboxylic acids is 2. The molecule has 0 spiro atoms. The number of amides is 2. The zero-order valence-corrected chi connectivity index (χ0v) is 18.8. The van der Waals surface area contributed by atoms with Gasteiger partial charge in [-0.15, -0.1) is 0 Å². The molecule has 0 unspecified atom stereocenters. The highest BCUT2D eigenvalue weighted by Crippen LogP contribution is 2.16. The highest BCUT2D eigenvalue weighted by atomic mass is 16.5. The molecule has 7 nitrogen and oxygen atoms in total. The van der Waals surface area contributed by atoms with Crippen molar-refractivity contribution in [3.63, 3.8) is 0 Å². The lowest BCUT2D eigenvalue weighted by atomic mass is 10.2. The minimum Gasteiger partial charge on any atom is -0.490 e. The zero-order valence-electron chi connectivity index (χ0n) is 18.8. The normalized spacial score (nSPS) is 10.4. The van der Waals surface area contributed by atoms with E-state index in [0.29, 0.717) is 30.2 Å². The third-order valence-corrected chi connectivity index (χ3v) is 4.52. The van der Waals surface area contributed by atoms with Gasteiger partial charge in [-0.05, 0) is 74.5 Å². The first-order valence-corrected chi connectivity index (χ1v) is 10.8. The van der Waals surface area contributed by atoms with Crippen LogP contribution in [0.4, 0.5) is 11.4 Å². The van der Waals surface area contributed by atoms with Crippen molar-refractivity contribution in [1.82, 2.24) is 5.32 Å². The van der Waals surface area contributed by atoms with Gasteiger partial charge in [-0.1, -0.05) is 18.2 Å². The van der Waals surface area contributed by atoms with Crippen molar-refractivity contribution in [2.75, 3.05) is 30.4 Å². The molecule has 3 aromatic rings. The van der Waals surface area contributed by atoms with E-state index < -0.39 is 0 Å². The molecule has 33 heavy (non-hydrogen) atoms. The molecule has 2 amide bonds. The molecule has 0 bridgehead atoms. The van der Waals surface area contributed by atoms with Crippen LogP contribution in [-0.2, 0) is 4.79 Å². The van der Waals surface area contributed by atoms with E-state index in [4.69, 9.17) is 9.47 Å². The van der Waals surface area contributed by atoms with E-state index in [2.05, 4.69) is 16.0 Å². The Hall–Kier alpha value is -4.00. The van der Waals surface area contributed by atoms with E-state index in [1.165, 1.54) is 0 Å². The van der Waals surface area contributed by atoms with Crippen LogP contribution < -0.4 is 25.4 Å². The monoisotopic (exact) mass is 447 g/mol. The summed E-state index contributed by atoms with van der Waals surface area (Å²) in [4.78, 5) is 24.2. The van der Waals surface area contributed by atoms with Crippen molar-refractivity contribution in [3.05, 3.63) is 84.4 Å². The maximum absolute atomic E-state index is 12.2. The van der Waals surface area contributed by atoms with Gasteiger partial charge >= 0.3 is 0 Å². The quantitative estimate of drug-likeness (QED) is 0.381. The van der Waals surface area contributed by atoms with E-state index in [1.807, 2.05) is 44.2 Å². The average Bonchev–Trinajstić information content (AvgIpc) is 2.82. The maximum Gasteiger partial charge on any atom is 0.251 e. The van der Waals surface area contributed by atoms with Gasteiger partial charge in [0.25, 0.3) is 5.91 Å². The van der Waals surface area contributed by atoms with Gasteiger partial charge in [0.2, 0.25) is 5.91 Å². The summed E-state index contributed by atoms with van der Waals surface area (Å²) < 4.78 is 11.3. The molecule has 0 fully saturated rings. The van der Waals surface area contributed by atoms with Gasteiger partial charge < -0.3 is 25.4 Å². The molecule has 0 saturated carbocycles. The van der Waals surface area contributed by atoms with Crippen molar-refractivity contribution >= 4 is 23.2 Å². The molecule has 7 heteroatoms. The van der Waals surface area contributed by atoms with Crippen molar-refractivity contribution in [1.29, 1.82) is 0 Å². The molecule has 0 aliphatic carbocycles. The Morgan fingerprint density at radius 2 is 1.33 bits per heavy atom. The first-order valence-electron chi connectivity index (χ1n) is 10.8. The molecule has 3 aromatic carbocycles. The number of hydrogen-bond donors (Lipinski definition) is 3. The maximum atomic E-state index is 12.2. The number of benzene rings is 3. The lowest BCUT2D eigenvalue weighted by molar-refractivity contribution is -0.114. The highest BCUT2D eigenvalue weighted by molar-refractivity contribution is 5.95. The van der Waals surface area contributed by atoms with Crippen LogP contribution in [-0.4, -0.2) is 37.6 Å². The second-order valence-electron chi connectivity index (χ2n) is 7.64. The van der Waals surface area contributed by atoms with Gasteiger partial charge in [0.05, 0.1) is 6.54 Å². The van der Waals surface area contributed by atoms with E-state index in [1.54, 1.807) is 48.5 Å². The molecule has 0 aliphatic heterocycles. The minimum absolute atomic E-state index is 0.0771. The highest BCUT2D eigenvalue weighted by Gasteiger charge is 2.07. The van der Waals surface area contributed by atoms with Crippen LogP contribution in [0.2, 0.25) is 0 Å². The molecule has 0 heterocycles. The van der Waals surface area contributed by atoms with Crippen LogP contribution in [0.15, 0.2) is 78.9 Å². The van der Waals surface area contributed by atoms with Crippen LogP contribution in [0.25, 0.3) is 0 Å². The lowest BCUT2D eigenvalue weighted by Crippen LogP contribution is -2.30. The average molecular weight is 448 g/mol. The zero-order chi connectivity index (χ0) is 23.5. The van der Waals surface area contributed by atoms with Crippen LogP contribution in [0.1, 0.15) is 24.2 Å². The number of ether oxygens (including phenoxy) is 2. The van der Waals surface area contributed by atoms with E-state index in [9.17, 15) is 9.59 Å². The van der Waals surface area contributed by atoms with Crippen LogP contribution in [0.3, 0.4) is 0 Å². The third kappa shape index (κ3) is 8.22. The molecule has 3 N–H and O–H groups in total. The van der Waals surface area contributed by atoms with Crippen LogP contribution in [0, 0.1) is 0 Å². The Bertz CT molecular complexity index is 1020. The summed E-state index contributed by atoms with van der Waals surface area (Å²) in [5.41, 5.74) is 2.01. The second-order valence-corrected chi connectivity index (χ2v) is 7.64. The Balaban J connectivity index is 1.37. The predicted molar refractivity (Wildman–Crippen MR) is 130 cm³/mol. The van der Waals surface area contributed by atoms with Gasteiger partial charge in [-0.2, -0.15) is 0 Å². The van der Waals surface area contributed by atoms with Gasteiger partial charge in [-0.25, -0.2) is 0 Å². The summed E-state index contributed by atoms with van der Waals surface area (Å²) in [7, 11) is 0. The number of nitrogens with one attached hydrogen (secondary N) is 3. The van der Waals surface area contributed by atoms with Gasteiger partial charge in [-0.3, -0.25) is 9.59 Å². The fraction of sp³-hybridized carbons (Fsp3) is 0.231. The summed E-state index contributed by atoms with van der Waals surface area (Å²) in [6, 6.07) is 23.8. The van der Waals surface area contributed by atoms with Crippen molar-refractivity contribution in [2.45, 2.75) is 19.9 Å². The number of carbonyl (C=O) groups is 2. The summed E-state index contributed by atoms with van der Waals surface area (Å²) in [5, 5.41) is 8.72. The standard InChI is InChI=1S/C26H29N3O4/c1-19(2)28-26(31)20-8-10-21(11-9-20)27-18-25(30)29-22-12-14-24(15-13-22)33-17-16-32-23-6-4-3-5-7-23/h3-15,19,27H,16-18H2,1-2H3,(H,28,31)(H,29,30). The first kappa shape index (κ1) is 23.7. The largest absolute Gasteiger partial charge is 0.490 e. The molecular weight excluding hydrogens is 418 g/mol. The summed E-state index contributed by atoms with van der Waals surface area (Å²) in [6.45, 7) is 4.79.